The summed E-state index contributed by atoms with van der Waals surface area (Å²) in [7, 11) is 0. The van der Waals surface area contributed by atoms with E-state index in [1.807, 2.05) is 0 Å². The average Bonchev–Trinajstić information content (AvgIpc) is 2.31. The molecule has 108 valence electrons. The van der Waals surface area contributed by atoms with Crippen LogP contribution in [0, 0.1) is 23.6 Å². The quantitative estimate of drug-likeness (QED) is 0.767. The molecule has 0 aliphatic carbocycles. The van der Waals surface area contributed by atoms with Crippen molar-refractivity contribution in [1.29, 1.82) is 0 Å². The van der Waals surface area contributed by atoms with E-state index in [0.29, 0.717) is 17.8 Å². The van der Waals surface area contributed by atoms with Gasteiger partial charge in [-0.1, -0.05) is 43.6 Å². The third kappa shape index (κ3) is 6.05. The monoisotopic (exact) mass is 329 g/mol. The Hall–Kier alpha value is -0.410. The van der Waals surface area contributed by atoms with E-state index in [1.54, 1.807) is 12.1 Å². The van der Waals surface area contributed by atoms with Gasteiger partial charge in [0.05, 0.1) is 0 Å². The molecular weight excluding hydrogens is 305 g/mol. The second kappa shape index (κ2) is 8.01. The van der Waals surface area contributed by atoms with Crippen molar-refractivity contribution in [2.75, 3.05) is 13.1 Å². The predicted octanol–water partition coefficient (Wildman–Crippen LogP) is 4.65. The fourth-order valence-electron chi connectivity index (χ4n) is 2.08. The third-order valence-corrected chi connectivity index (χ3v) is 4.17. The van der Waals surface area contributed by atoms with E-state index < -0.39 is 0 Å². The summed E-state index contributed by atoms with van der Waals surface area (Å²) in [5, 5.41) is 3.51. The molecule has 0 radical (unpaired) electrons. The molecule has 1 unspecified atom stereocenters. The van der Waals surface area contributed by atoms with Crippen LogP contribution in [0.5, 0.6) is 0 Å². The summed E-state index contributed by atoms with van der Waals surface area (Å²) in [5.74, 6) is 1.61. The first-order valence-corrected chi connectivity index (χ1v) is 7.84. The fourth-order valence-corrected chi connectivity index (χ4v) is 2.49. The zero-order chi connectivity index (χ0) is 14.4. The molecule has 0 aromatic heterocycles. The van der Waals surface area contributed by atoms with Gasteiger partial charge in [0.25, 0.3) is 0 Å². The maximum absolute atomic E-state index is 13.3. The molecule has 0 amide bonds. The van der Waals surface area contributed by atoms with Gasteiger partial charge in [-0.3, -0.25) is 0 Å². The molecule has 0 aliphatic heterocycles. The van der Waals surface area contributed by atoms with Crippen molar-refractivity contribution in [2.24, 2.45) is 17.8 Å². The predicted molar refractivity (Wildman–Crippen MR) is 83.8 cm³/mol. The lowest BCUT2D eigenvalue weighted by Crippen LogP contribution is -2.30. The number of hydrogen-bond donors (Lipinski definition) is 1. The van der Waals surface area contributed by atoms with Crippen molar-refractivity contribution >= 4 is 15.9 Å². The number of hydrogen-bond acceptors (Lipinski definition) is 1. The summed E-state index contributed by atoms with van der Waals surface area (Å²) < 4.78 is 14.3. The largest absolute Gasteiger partial charge is 0.316 e. The zero-order valence-corrected chi connectivity index (χ0v) is 13.9. The molecule has 1 rings (SSSR count). The van der Waals surface area contributed by atoms with E-state index in [-0.39, 0.29) is 5.82 Å². The molecular formula is C16H25BrFN. The molecule has 1 nitrogen and oxygen atoms in total. The third-order valence-electron chi connectivity index (χ3n) is 3.39. The Morgan fingerprint density at radius 1 is 1.16 bits per heavy atom. The maximum Gasteiger partial charge on any atom is 0.123 e. The van der Waals surface area contributed by atoms with Gasteiger partial charge in [-0.05, 0) is 61.0 Å². The highest BCUT2D eigenvalue weighted by Gasteiger charge is 2.16. The highest BCUT2D eigenvalue weighted by molar-refractivity contribution is 9.10. The standard InChI is InChI=1S/C16H25BrFN/c1-11(2)9-19-10-14(12(3)4)7-13-8-15(18)5-6-16(13)17/h5-6,8,11-12,14,19H,7,9-10H2,1-4H3. The van der Waals surface area contributed by atoms with E-state index in [9.17, 15) is 4.39 Å². The first-order valence-electron chi connectivity index (χ1n) is 7.04. The second-order valence-electron chi connectivity index (χ2n) is 6.00. The first-order chi connectivity index (χ1) is 8.90. The Bertz CT molecular complexity index is 390. The van der Waals surface area contributed by atoms with Gasteiger partial charge in [0.2, 0.25) is 0 Å². The highest BCUT2D eigenvalue weighted by atomic mass is 79.9. The highest BCUT2D eigenvalue weighted by Crippen LogP contribution is 2.24. The first kappa shape index (κ1) is 16.6. The SMILES string of the molecule is CC(C)CNCC(Cc1cc(F)ccc1Br)C(C)C. The van der Waals surface area contributed by atoms with E-state index in [4.69, 9.17) is 0 Å². The van der Waals surface area contributed by atoms with Crippen LogP contribution in [0.1, 0.15) is 33.3 Å². The molecule has 0 fully saturated rings. The smallest absolute Gasteiger partial charge is 0.123 e. The van der Waals surface area contributed by atoms with Crippen molar-refractivity contribution in [3.63, 3.8) is 0 Å². The summed E-state index contributed by atoms with van der Waals surface area (Å²) in [4.78, 5) is 0. The van der Waals surface area contributed by atoms with E-state index in [2.05, 4.69) is 48.9 Å². The van der Waals surface area contributed by atoms with Gasteiger partial charge in [-0.25, -0.2) is 4.39 Å². The summed E-state index contributed by atoms with van der Waals surface area (Å²) in [6, 6.07) is 4.93. The minimum atomic E-state index is -0.157. The van der Waals surface area contributed by atoms with Crippen LogP contribution in [-0.4, -0.2) is 13.1 Å². The summed E-state index contributed by atoms with van der Waals surface area (Å²) in [6.07, 6.45) is 0.904. The van der Waals surface area contributed by atoms with Gasteiger partial charge >= 0.3 is 0 Å². The molecule has 1 atom stereocenters. The fraction of sp³-hybridized carbons (Fsp3) is 0.625. The molecule has 0 aliphatic rings. The number of rotatable bonds is 7. The number of halogens is 2. The molecule has 1 N–H and O–H groups in total. The molecule has 0 bridgehead atoms. The molecule has 1 aromatic carbocycles. The maximum atomic E-state index is 13.3. The Balaban J connectivity index is 2.64. The molecule has 0 heterocycles. The van der Waals surface area contributed by atoms with Crippen molar-refractivity contribution in [1.82, 2.24) is 5.32 Å². The van der Waals surface area contributed by atoms with Crippen molar-refractivity contribution in [2.45, 2.75) is 34.1 Å². The molecule has 0 spiro atoms. The van der Waals surface area contributed by atoms with Gasteiger partial charge in [-0.15, -0.1) is 0 Å². The van der Waals surface area contributed by atoms with Crippen LogP contribution in [0.3, 0.4) is 0 Å². The van der Waals surface area contributed by atoms with Crippen LogP contribution < -0.4 is 5.32 Å². The molecule has 19 heavy (non-hydrogen) atoms. The molecule has 0 saturated heterocycles. The Morgan fingerprint density at radius 3 is 2.42 bits per heavy atom. The van der Waals surface area contributed by atoms with Gasteiger partial charge in [-0.2, -0.15) is 0 Å². The lowest BCUT2D eigenvalue weighted by atomic mass is 9.89. The summed E-state index contributed by atoms with van der Waals surface area (Å²) in [5.41, 5.74) is 1.06. The average molecular weight is 330 g/mol. The van der Waals surface area contributed by atoms with Crippen LogP contribution >= 0.6 is 15.9 Å². The lowest BCUT2D eigenvalue weighted by molar-refractivity contribution is 0.352. The summed E-state index contributed by atoms with van der Waals surface area (Å²) in [6.45, 7) is 10.9. The van der Waals surface area contributed by atoms with E-state index in [0.717, 1.165) is 29.5 Å². The minimum absolute atomic E-state index is 0.157. The minimum Gasteiger partial charge on any atom is -0.316 e. The zero-order valence-electron chi connectivity index (χ0n) is 12.3. The number of benzene rings is 1. The molecule has 0 saturated carbocycles. The summed E-state index contributed by atoms with van der Waals surface area (Å²) >= 11 is 3.51. The topological polar surface area (TPSA) is 12.0 Å². The number of nitrogens with one attached hydrogen (secondary N) is 1. The van der Waals surface area contributed by atoms with E-state index >= 15 is 0 Å². The van der Waals surface area contributed by atoms with Crippen molar-refractivity contribution in [3.05, 3.63) is 34.1 Å². The van der Waals surface area contributed by atoms with E-state index in [1.165, 1.54) is 6.07 Å². The second-order valence-corrected chi connectivity index (χ2v) is 6.85. The van der Waals surface area contributed by atoms with Gasteiger partial charge < -0.3 is 5.32 Å². The Kier molecular flexibility index (Phi) is 7.01. The van der Waals surface area contributed by atoms with Crippen molar-refractivity contribution < 1.29 is 4.39 Å². The van der Waals surface area contributed by atoms with Gasteiger partial charge in [0.1, 0.15) is 5.82 Å². The van der Waals surface area contributed by atoms with Crippen molar-refractivity contribution in [3.8, 4) is 0 Å². The van der Waals surface area contributed by atoms with Gasteiger partial charge in [0.15, 0.2) is 0 Å². The van der Waals surface area contributed by atoms with Crippen LogP contribution in [0.15, 0.2) is 22.7 Å². The Morgan fingerprint density at radius 2 is 1.84 bits per heavy atom. The van der Waals surface area contributed by atoms with Crippen LogP contribution in [0.25, 0.3) is 0 Å². The molecule has 1 aromatic rings. The Labute approximate surface area is 125 Å². The molecule has 3 heteroatoms. The van der Waals surface area contributed by atoms with Crippen LogP contribution in [0.4, 0.5) is 4.39 Å². The van der Waals surface area contributed by atoms with Crippen LogP contribution in [0.2, 0.25) is 0 Å². The van der Waals surface area contributed by atoms with Gasteiger partial charge in [0, 0.05) is 4.47 Å². The lowest BCUT2D eigenvalue weighted by Gasteiger charge is -2.22. The van der Waals surface area contributed by atoms with Crippen LogP contribution in [-0.2, 0) is 6.42 Å². The normalized spacial score (nSPS) is 13.3.